The molecule has 0 saturated heterocycles. The zero-order valence-corrected chi connectivity index (χ0v) is 30.3. The molecule has 0 N–H and O–H groups in total. The van der Waals surface area contributed by atoms with Crippen LogP contribution in [0, 0.1) is 0 Å². The Bertz CT molecular complexity index is 3220. The summed E-state index contributed by atoms with van der Waals surface area (Å²) in [6.07, 6.45) is 0. The van der Waals surface area contributed by atoms with Crippen LogP contribution in [0.3, 0.4) is 0 Å². The lowest BCUT2D eigenvalue weighted by Gasteiger charge is -2.14. The molecule has 0 bridgehead atoms. The lowest BCUT2D eigenvalue weighted by atomic mass is 10.0. The largest absolute Gasteiger partial charge is 0.307 e. The molecule has 0 aliphatic heterocycles. The average Bonchev–Trinajstić information content (AvgIpc) is 3.80. The van der Waals surface area contributed by atoms with E-state index in [0.717, 1.165) is 71.9 Å². The van der Waals surface area contributed by atoms with Crippen LogP contribution in [0.4, 0.5) is 0 Å². The van der Waals surface area contributed by atoms with E-state index in [2.05, 4.69) is 197 Å². The van der Waals surface area contributed by atoms with E-state index in [1.54, 1.807) is 0 Å². The second-order valence-corrected chi connectivity index (χ2v) is 14.1. The normalized spacial score (nSPS) is 11.6. The monoisotopic (exact) mass is 715 g/mol. The molecule has 56 heavy (non-hydrogen) atoms. The molecule has 262 valence electrons. The van der Waals surface area contributed by atoms with Crippen LogP contribution in [0.1, 0.15) is 0 Å². The van der Waals surface area contributed by atoms with Gasteiger partial charge in [0.2, 0.25) is 5.95 Å². The van der Waals surface area contributed by atoms with Gasteiger partial charge in [0.1, 0.15) is 0 Å². The lowest BCUT2D eigenvalue weighted by molar-refractivity contribution is 0.953. The fourth-order valence-electron chi connectivity index (χ4n) is 8.19. The van der Waals surface area contributed by atoms with Gasteiger partial charge in [-0.2, -0.15) is 9.97 Å². The van der Waals surface area contributed by atoms with Gasteiger partial charge >= 0.3 is 0 Å². The van der Waals surface area contributed by atoms with Gasteiger partial charge in [0.05, 0.1) is 22.1 Å². The van der Waals surface area contributed by atoms with Crippen molar-refractivity contribution in [3.05, 3.63) is 200 Å². The first kappa shape index (κ1) is 31.9. The standard InChI is InChI=1S/C51H33N5/c1-4-15-34(16-5-1)36-27-29-37(30-28-36)49-52-50(39-20-14-19-38(33-39)35-17-6-2-7-18-35)54-51(53-49)56-46-26-13-11-24-42(46)44-32-31-43-41-23-10-12-25-45(41)55(47(43)48(44)56)40-21-8-3-9-22-40/h1-33H. The average molecular weight is 716 g/mol. The Kier molecular flexibility index (Phi) is 7.42. The predicted octanol–water partition coefficient (Wildman–Crippen LogP) is 12.7. The van der Waals surface area contributed by atoms with Crippen LogP contribution in [0.5, 0.6) is 0 Å². The van der Waals surface area contributed by atoms with Gasteiger partial charge < -0.3 is 4.57 Å². The van der Waals surface area contributed by atoms with E-state index in [-0.39, 0.29) is 0 Å². The molecule has 0 unspecified atom stereocenters. The Hall–Kier alpha value is -7.63. The van der Waals surface area contributed by atoms with Gasteiger partial charge in [-0.15, -0.1) is 0 Å². The summed E-state index contributed by atoms with van der Waals surface area (Å²) in [6.45, 7) is 0. The molecule has 0 spiro atoms. The first-order valence-electron chi connectivity index (χ1n) is 18.9. The van der Waals surface area contributed by atoms with Gasteiger partial charge in [-0.3, -0.25) is 4.57 Å². The maximum atomic E-state index is 5.37. The number of benzene rings is 8. The van der Waals surface area contributed by atoms with Crippen LogP contribution in [0.2, 0.25) is 0 Å². The predicted molar refractivity (Wildman–Crippen MR) is 230 cm³/mol. The maximum Gasteiger partial charge on any atom is 0.238 e. The second-order valence-electron chi connectivity index (χ2n) is 14.1. The lowest BCUT2D eigenvalue weighted by Crippen LogP contribution is -2.07. The van der Waals surface area contributed by atoms with Crippen LogP contribution >= 0.6 is 0 Å². The van der Waals surface area contributed by atoms with Crippen LogP contribution < -0.4 is 0 Å². The van der Waals surface area contributed by atoms with Crippen molar-refractivity contribution in [1.82, 2.24) is 24.1 Å². The molecule has 8 aromatic carbocycles. The van der Waals surface area contributed by atoms with Crippen LogP contribution in [-0.2, 0) is 0 Å². The molecule has 11 rings (SSSR count). The Morgan fingerprint density at radius 3 is 1.38 bits per heavy atom. The molecule has 0 aliphatic carbocycles. The SMILES string of the molecule is c1ccc(-c2ccc(-c3nc(-c4cccc(-c5ccccc5)c4)nc(-n4c5ccccc5c5ccc6c7ccccc7n(-c7ccccc7)c6c54)n3)cc2)cc1. The second kappa shape index (κ2) is 13.0. The zero-order chi connectivity index (χ0) is 37.0. The molecule has 0 radical (unpaired) electrons. The highest BCUT2D eigenvalue weighted by molar-refractivity contribution is 6.23. The summed E-state index contributed by atoms with van der Waals surface area (Å²) in [6, 6.07) is 70.2. The van der Waals surface area contributed by atoms with Gasteiger partial charge in [0.25, 0.3) is 0 Å². The van der Waals surface area contributed by atoms with Crippen molar-refractivity contribution in [3.8, 4) is 56.7 Å². The fraction of sp³-hybridized carbons (Fsp3) is 0. The molecule has 11 aromatic rings. The van der Waals surface area contributed by atoms with Crippen LogP contribution in [0.25, 0.3) is 100 Å². The van der Waals surface area contributed by atoms with E-state index in [4.69, 9.17) is 15.0 Å². The summed E-state index contributed by atoms with van der Waals surface area (Å²) >= 11 is 0. The minimum atomic E-state index is 0.561. The molecule has 5 heteroatoms. The summed E-state index contributed by atoms with van der Waals surface area (Å²) in [7, 11) is 0. The molecule has 3 aromatic heterocycles. The Balaban J connectivity index is 1.22. The molecule has 3 heterocycles. The number of para-hydroxylation sites is 3. The van der Waals surface area contributed by atoms with Crippen molar-refractivity contribution in [2.24, 2.45) is 0 Å². The number of aromatic nitrogens is 5. The summed E-state index contributed by atoms with van der Waals surface area (Å²) < 4.78 is 4.64. The number of rotatable bonds is 6. The molecule has 5 nitrogen and oxygen atoms in total. The van der Waals surface area contributed by atoms with E-state index in [9.17, 15) is 0 Å². The maximum absolute atomic E-state index is 5.37. The van der Waals surface area contributed by atoms with Crippen LogP contribution in [0.15, 0.2) is 200 Å². The minimum absolute atomic E-state index is 0.561. The number of fused-ring (bicyclic) bond motifs is 7. The van der Waals surface area contributed by atoms with Gasteiger partial charge in [0.15, 0.2) is 11.6 Å². The first-order valence-corrected chi connectivity index (χ1v) is 18.9. The van der Waals surface area contributed by atoms with Gasteiger partial charge in [-0.1, -0.05) is 170 Å². The summed E-state index contributed by atoms with van der Waals surface area (Å²) in [4.78, 5) is 15.9. The fourth-order valence-corrected chi connectivity index (χ4v) is 8.19. The molecular weight excluding hydrogens is 683 g/mol. The topological polar surface area (TPSA) is 48.5 Å². The molecule has 0 amide bonds. The van der Waals surface area contributed by atoms with Crippen molar-refractivity contribution in [2.75, 3.05) is 0 Å². The summed E-state index contributed by atoms with van der Waals surface area (Å²) in [5, 5.41) is 4.63. The van der Waals surface area contributed by atoms with Crippen molar-refractivity contribution in [1.29, 1.82) is 0 Å². The van der Waals surface area contributed by atoms with Crippen molar-refractivity contribution >= 4 is 43.6 Å². The van der Waals surface area contributed by atoms with E-state index in [1.165, 1.54) is 10.8 Å². The quantitative estimate of drug-likeness (QED) is 0.172. The highest BCUT2D eigenvalue weighted by atomic mass is 15.2. The highest BCUT2D eigenvalue weighted by Crippen LogP contribution is 2.41. The number of nitrogens with zero attached hydrogens (tertiary/aromatic N) is 5. The van der Waals surface area contributed by atoms with Gasteiger partial charge in [-0.25, -0.2) is 4.98 Å². The Morgan fingerprint density at radius 2 is 0.732 bits per heavy atom. The minimum Gasteiger partial charge on any atom is -0.307 e. The molecule has 0 aliphatic rings. The first-order chi connectivity index (χ1) is 27.8. The molecule has 0 atom stereocenters. The number of hydrogen-bond acceptors (Lipinski definition) is 3. The number of hydrogen-bond donors (Lipinski definition) is 0. The highest BCUT2D eigenvalue weighted by Gasteiger charge is 2.23. The zero-order valence-electron chi connectivity index (χ0n) is 30.3. The van der Waals surface area contributed by atoms with E-state index in [0.29, 0.717) is 17.6 Å². The smallest absolute Gasteiger partial charge is 0.238 e. The molecule has 0 fully saturated rings. The van der Waals surface area contributed by atoms with Gasteiger partial charge in [-0.05, 0) is 52.6 Å². The van der Waals surface area contributed by atoms with Gasteiger partial charge in [0, 0.05) is 38.4 Å². The van der Waals surface area contributed by atoms with E-state index in [1.807, 2.05) is 12.1 Å². The third kappa shape index (κ3) is 5.21. The summed E-state index contributed by atoms with van der Waals surface area (Å²) in [5.74, 6) is 1.78. The van der Waals surface area contributed by atoms with Crippen molar-refractivity contribution < 1.29 is 0 Å². The van der Waals surface area contributed by atoms with E-state index >= 15 is 0 Å². The summed E-state index contributed by atoms with van der Waals surface area (Å²) in [5.41, 5.74) is 11.8. The van der Waals surface area contributed by atoms with Crippen molar-refractivity contribution in [3.63, 3.8) is 0 Å². The van der Waals surface area contributed by atoms with Crippen molar-refractivity contribution in [2.45, 2.75) is 0 Å². The Labute approximate surface area is 323 Å². The molecule has 0 saturated carbocycles. The molecular formula is C51H33N5. The third-order valence-electron chi connectivity index (χ3n) is 10.8. The Morgan fingerprint density at radius 1 is 0.286 bits per heavy atom. The van der Waals surface area contributed by atoms with E-state index < -0.39 is 0 Å². The van der Waals surface area contributed by atoms with Crippen LogP contribution in [-0.4, -0.2) is 24.1 Å². The third-order valence-corrected chi connectivity index (χ3v) is 10.8.